The van der Waals surface area contributed by atoms with Gasteiger partial charge in [0.15, 0.2) is 4.47 Å². The Kier molecular flexibility index (Phi) is 3.26. The van der Waals surface area contributed by atoms with Crippen LogP contribution in [0.15, 0.2) is 5.38 Å². The number of thiazole rings is 1. The second-order valence-electron chi connectivity index (χ2n) is 3.65. The quantitative estimate of drug-likeness (QED) is 0.824. The van der Waals surface area contributed by atoms with Gasteiger partial charge in [-0.05, 0) is 25.7 Å². The summed E-state index contributed by atoms with van der Waals surface area (Å²) in [5, 5.41) is 14.7. The average Bonchev–Trinajstić information content (AvgIpc) is 2.51. The lowest BCUT2D eigenvalue weighted by Gasteiger charge is -2.26. The van der Waals surface area contributed by atoms with Crippen molar-refractivity contribution >= 4 is 28.8 Å². The molecule has 1 aliphatic carbocycles. The van der Waals surface area contributed by atoms with Gasteiger partial charge in [-0.1, -0.05) is 11.6 Å². The molecule has 1 heterocycles. The first-order valence-electron chi connectivity index (χ1n) is 4.79. The molecule has 0 bridgehead atoms. The van der Waals surface area contributed by atoms with E-state index in [1.54, 1.807) is 0 Å². The lowest BCUT2D eigenvalue weighted by atomic mass is 9.93. The summed E-state index contributed by atoms with van der Waals surface area (Å²) < 4.78 is 0.559. The van der Waals surface area contributed by atoms with E-state index in [1.807, 2.05) is 5.38 Å². The van der Waals surface area contributed by atoms with E-state index < -0.39 is 0 Å². The van der Waals surface area contributed by atoms with Gasteiger partial charge in [0.2, 0.25) is 0 Å². The molecule has 3 nitrogen and oxygen atoms in total. The Labute approximate surface area is 92.1 Å². The molecule has 2 atom stereocenters. The summed E-state index contributed by atoms with van der Waals surface area (Å²) in [6.07, 6.45) is 3.77. The largest absolute Gasteiger partial charge is 0.393 e. The van der Waals surface area contributed by atoms with E-state index in [0.29, 0.717) is 10.5 Å². The Morgan fingerprint density at radius 2 is 2.43 bits per heavy atom. The third-order valence-corrected chi connectivity index (χ3v) is 3.45. The zero-order chi connectivity index (χ0) is 9.97. The third kappa shape index (κ3) is 2.59. The Bertz CT molecular complexity index is 305. The van der Waals surface area contributed by atoms with Crippen molar-refractivity contribution in [3.63, 3.8) is 0 Å². The van der Waals surface area contributed by atoms with E-state index in [0.717, 1.165) is 31.5 Å². The molecule has 1 aromatic rings. The van der Waals surface area contributed by atoms with E-state index in [2.05, 4.69) is 10.3 Å². The van der Waals surface area contributed by atoms with Crippen LogP contribution in [0.2, 0.25) is 4.47 Å². The highest BCUT2D eigenvalue weighted by Crippen LogP contribution is 2.24. The summed E-state index contributed by atoms with van der Waals surface area (Å²) >= 11 is 7.15. The fraction of sp³-hybridized carbons (Fsp3) is 0.667. The number of anilines is 1. The molecule has 0 radical (unpaired) electrons. The van der Waals surface area contributed by atoms with Crippen molar-refractivity contribution in [1.82, 2.24) is 4.98 Å². The lowest BCUT2D eigenvalue weighted by Crippen LogP contribution is -2.29. The minimum atomic E-state index is -0.157. The number of nitrogens with one attached hydrogen (secondary N) is 1. The molecule has 1 aromatic heterocycles. The van der Waals surface area contributed by atoms with Crippen LogP contribution in [0.25, 0.3) is 0 Å². The first kappa shape index (κ1) is 10.2. The molecule has 1 aliphatic rings. The summed E-state index contributed by atoms with van der Waals surface area (Å²) in [6, 6.07) is 0.344. The van der Waals surface area contributed by atoms with Crippen LogP contribution in [-0.4, -0.2) is 22.2 Å². The standard InChI is InChI=1S/C9H13ClN2OS/c10-9-12-8(5-14-9)11-6-2-1-3-7(13)4-6/h5-7,11,13H,1-4H2/t6-,7+/m0/s1. The third-order valence-electron chi connectivity index (χ3n) is 2.47. The Morgan fingerprint density at radius 1 is 1.57 bits per heavy atom. The van der Waals surface area contributed by atoms with Crippen LogP contribution in [0, 0.1) is 0 Å². The topological polar surface area (TPSA) is 45.1 Å². The van der Waals surface area contributed by atoms with Gasteiger partial charge < -0.3 is 10.4 Å². The highest BCUT2D eigenvalue weighted by Gasteiger charge is 2.20. The molecule has 78 valence electrons. The van der Waals surface area contributed by atoms with Crippen molar-refractivity contribution in [2.75, 3.05) is 5.32 Å². The number of hydrogen-bond acceptors (Lipinski definition) is 4. The molecule has 1 fully saturated rings. The molecular formula is C9H13ClN2OS. The zero-order valence-electron chi connectivity index (χ0n) is 7.74. The second-order valence-corrected chi connectivity index (χ2v) is 5.09. The normalized spacial score (nSPS) is 27.6. The number of rotatable bonds is 2. The van der Waals surface area contributed by atoms with E-state index in [9.17, 15) is 5.11 Å². The van der Waals surface area contributed by atoms with Crippen molar-refractivity contribution < 1.29 is 5.11 Å². The zero-order valence-corrected chi connectivity index (χ0v) is 9.31. The van der Waals surface area contributed by atoms with Crippen LogP contribution in [-0.2, 0) is 0 Å². The lowest BCUT2D eigenvalue weighted by molar-refractivity contribution is 0.124. The molecule has 0 amide bonds. The van der Waals surface area contributed by atoms with Gasteiger partial charge in [0.25, 0.3) is 0 Å². The molecule has 14 heavy (non-hydrogen) atoms. The van der Waals surface area contributed by atoms with Gasteiger partial charge in [-0.15, -0.1) is 11.3 Å². The smallest absolute Gasteiger partial charge is 0.185 e. The summed E-state index contributed by atoms with van der Waals surface area (Å²) in [7, 11) is 0. The van der Waals surface area contributed by atoms with E-state index in [-0.39, 0.29) is 6.10 Å². The molecule has 0 unspecified atom stereocenters. The van der Waals surface area contributed by atoms with Crippen LogP contribution < -0.4 is 5.32 Å². The van der Waals surface area contributed by atoms with Crippen LogP contribution in [0.4, 0.5) is 5.82 Å². The highest BCUT2D eigenvalue weighted by atomic mass is 35.5. The van der Waals surface area contributed by atoms with Crippen molar-refractivity contribution in [2.45, 2.75) is 37.8 Å². The SMILES string of the molecule is O[C@@H]1CCC[C@H](Nc2csc(Cl)n2)C1. The maximum absolute atomic E-state index is 9.48. The molecule has 2 N–H and O–H groups in total. The summed E-state index contributed by atoms with van der Waals surface area (Å²) in [6.45, 7) is 0. The van der Waals surface area contributed by atoms with Gasteiger partial charge in [-0.3, -0.25) is 0 Å². The van der Waals surface area contributed by atoms with Crippen LogP contribution >= 0.6 is 22.9 Å². The number of aliphatic hydroxyl groups is 1. The molecule has 0 saturated heterocycles. The number of hydrogen-bond donors (Lipinski definition) is 2. The number of aromatic nitrogens is 1. The Hall–Kier alpha value is -0.320. The van der Waals surface area contributed by atoms with E-state index in [4.69, 9.17) is 11.6 Å². The summed E-state index contributed by atoms with van der Waals surface area (Å²) in [4.78, 5) is 4.12. The van der Waals surface area contributed by atoms with Crippen molar-refractivity contribution in [2.24, 2.45) is 0 Å². The minimum Gasteiger partial charge on any atom is -0.393 e. The van der Waals surface area contributed by atoms with Crippen LogP contribution in [0.3, 0.4) is 0 Å². The van der Waals surface area contributed by atoms with Gasteiger partial charge in [0, 0.05) is 11.4 Å². The fourth-order valence-electron chi connectivity index (χ4n) is 1.82. The van der Waals surface area contributed by atoms with E-state index in [1.165, 1.54) is 11.3 Å². The monoisotopic (exact) mass is 232 g/mol. The predicted octanol–water partition coefficient (Wildman–Crippen LogP) is 2.51. The van der Waals surface area contributed by atoms with Gasteiger partial charge in [0.05, 0.1) is 6.10 Å². The number of halogens is 1. The molecule has 2 rings (SSSR count). The molecule has 0 aliphatic heterocycles. The second kappa shape index (κ2) is 4.47. The first-order chi connectivity index (χ1) is 6.74. The van der Waals surface area contributed by atoms with Crippen LogP contribution in [0.1, 0.15) is 25.7 Å². The number of nitrogens with zero attached hydrogens (tertiary/aromatic N) is 1. The molecule has 5 heteroatoms. The molecule has 0 spiro atoms. The number of aliphatic hydroxyl groups excluding tert-OH is 1. The Morgan fingerprint density at radius 3 is 3.07 bits per heavy atom. The summed E-state index contributed by atoms with van der Waals surface area (Å²) in [5.74, 6) is 0.833. The van der Waals surface area contributed by atoms with Crippen LogP contribution in [0.5, 0.6) is 0 Å². The fourth-order valence-corrected chi connectivity index (χ4v) is 2.53. The van der Waals surface area contributed by atoms with Gasteiger partial charge in [0.1, 0.15) is 5.82 Å². The first-order valence-corrected chi connectivity index (χ1v) is 6.05. The minimum absolute atomic E-state index is 0.157. The summed E-state index contributed by atoms with van der Waals surface area (Å²) in [5.41, 5.74) is 0. The Balaban J connectivity index is 1.90. The maximum atomic E-state index is 9.48. The average molecular weight is 233 g/mol. The van der Waals surface area contributed by atoms with Gasteiger partial charge >= 0.3 is 0 Å². The highest BCUT2D eigenvalue weighted by molar-refractivity contribution is 7.14. The van der Waals surface area contributed by atoms with Crippen molar-refractivity contribution in [1.29, 1.82) is 0 Å². The van der Waals surface area contributed by atoms with Crippen molar-refractivity contribution in [3.8, 4) is 0 Å². The van der Waals surface area contributed by atoms with E-state index >= 15 is 0 Å². The maximum Gasteiger partial charge on any atom is 0.185 e. The van der Waals surface area contributed by atoms with Gasteiger partial charge in [-0.2, -0.15) is 0 Å². The van der Waals surface area contributed by atoms with Crippen molar-refractivity contribution in [3.05, 3.63) is 9.85 Å². The molecular weight excluding hydrogens is 220 g/mol. The molecule has 1 saturated carbocycles. The predicted molar refractivity (Wildman–Crippen MR) is 59.0 cm³/mol. The molecule has 0 aromatic carbocycles. The van der Waals surface area contributed by atoms with Gasteiger partial charge in [-0.25, -0.2) is 4.98 Å².